The van der Waals surface area contributed by atoms with Gasteiger partial charge in [0, 0.05) is 0 Å². The van der Waals surface area contributed by atoms with Gasteiger partial charge in [-0.2, -0.15) is 0 Å². The summed E-state index contributed by atoms with van der Waals surface area (Å²) in [7, 11) is 0. The summed E-state index contributed by atoms with van der Waals surface area (Å²) in [5.41, 5.74) is 1.14. The van der Waals surface area contributed by atoms with Gasteiger partial charge in [0.2, 0.25) is 0 Å². The number of aryl methyl sites for hydroxylation is 1. The van der Waals surface area contributed by atoms with E-state index in [2.05, 4.69) is 52.0 Å². The lowest BCUT2D eigenvalue weighted by Gasteiger charge is -1.84. The maximum absolute atomic E-state index is 4.47. The smallest absolute Gasteiger partial charge is 0.134 e. The van der Waals surface area contributed by atoms with Gasteiger partial charge in [-0.3, -0.25) is 0 Å². The summed E-state index contributed by atoms with van der Waals surface area (Å²) in [4.78, 5) is 5.74. The fourth-order valence-electron chi connectivity index (χ4n) is 0.883. The van der Waals surface area contributed by atoms with Crippen LogP contribution in [0.5, 0.6) is 0 Å². The quantitative estimate of drug-likeness (QED) is 0.731. The van der Waals surface area contributed by atoms with Crippen LogP contribution in [0.1, 0.15) is 5.69 Å². The predicted octanol–water partition coefficient (Wildman–Crippen LogP) is 3.78. The van der Waals surface area contributed by atoms with Crippen LogP contribution in [-0.2, 0) is 0 Å². The number of thiophene rings is 1. The van der Waals surface area contributed by atoms with Gasteiger partial charge in [0.25, 0.3) is 0 Å². The molecule has 0 amide bonds. The molecule has 0 radical (unpaired) electrons. The average Bonchev–Trinajstić information content (AvgIpc) is 2.61. The first-order valence-corrected chi connectivity index (χ1v) is 6.21. The van der Waals surface area contributed by atoms with Crippen LogP contribution in [-0.4, -0.2) is 4.98 Å². The zero-order chi connectivity index (χ0) is 8.55. The van der Waals surface area contributed by atoms with Crippen molar-refractivity contribution < 1.29 is 0 Å². The predicted molar refractivity (Wildman–Crippen MR) is 62.9 cm³/mol. The highest BCUT2D eigenvalue weighted by atomic mass is 127. The molecule has 1 nitrogen and oxygen atoms in total. The summed E-state index contributed by atoms with van der Waals surface area (Å²) in [6.45, 7) is 2.05. The van der Waals surface area contributed by atoms with Crippen LogP contribution in [0.2, 0.25) is 0 Å². The second kappa shape index (κ2) is 3.43. The number of rotatable bonds is 1. The van der Waals surface area contributed by atoms with Crippen molar-refractivity contribution in [2.24, 2.45) is 0 Å². The van der Waals surface area contributed by atoms with Crippen LogP contribution in [0, 0.1) is 9.81 Å². The molecule has 2 aromatic rings. The molecule has 0 unspecified atom stereocenters. The van der Waals surface area contributed by atoms with Gasteiger partial charge >= 0.3 is 0 Å². The van der Waals surface area contributed by atoms with Crippen molar-refractivity contribution in [1.82, 2.24) is 4.98 Å². The molecule has 0 atom stereocenters. The van der Waals surface area contributed by atoms with Gasteiger partial charge in [0.1, 0.15) is 5.01 Å². The van der Waals surface area contributed by atoms with E-state index in [1.165, 1.54) is 7.76 Å². The molecule has 0 bridgehead atoms. The summed E-state index contributed by atoms with van der Waals surface area (Å²) >= 11 is 5.83. The van der Waals surface area contributed by atoms with E-state index in [1.807, 2.05) is 0 Å². The van der Waals surface area contributed by atoms with E-state index in [1.54, 1.807) is 22.7 Å². The van der Waals surface area contributed by atoms with E-state index in [4.69, 9.17) is 0 Å². The fraction of sp³-hybridized carbons (Fsp3) is 0.125. The van der Waals surface area contributed by atoms with E-state index >= 15 is 0 Å². The summed E-state index contributed by atoms with van der Waals surface area (Å²) in [5, 5.41) is 3.23. The van der Waals surface area contributed by atoms with Crippen molar-refractivity contribution >= 4 is 45.3 Å². The van der Waals surface area contributed by atoms with Gasteiger partial charge in [-0.1, -0.05) is 6.07 Å². The monoisotopic (exact) mass is 307 g/mol. The number of hydrogen-bond donors (Lipinski definition) is 0. The molecule has 12 heavy (non-hydrogen) atoms. The van der Waals surface area contributed by atoms with Gasteiger partial charge in [-0.05, 0) is 41.0 Å². The molecule has 2 aromatic heterocycles. The minimum atomic E-state index is 1.14. The summed E-state index contributed by atoms with van der Waals surface area (Å²) in [5.74, 6) is 0. The molecule has 2 rings (SSSR count). The van der Waals surface area contributed by atoms with Crippen molar-refractivity contribution in [1.29, 1.82) is 0 Å². The second-order valence-electron chi connectivity index (χ2n) is 2.36. The molecule has 0 aromatic carbocycles. The molecule has 0 fully saturated rings. The van der Waals surface area contributed by atoms with E-state index in [-0.39, 0.29) is 0 Å². The highest BCUT2D eigenvalue weighted by molar-refractivity contribution is 14.1. The average molecular weight is 307 g/mol. The first-order chi connectivity index (χ1) is 5.77. The largest absolute Gasteiger partial charge is 0.239 e. The first kappa shape index (κ1) is 8.65. The summed E-state index contributed by atoms with van der Waals surface area (Å²) in [6.07, 6.45) is 0. The Hall–Kier alpha value is 0.0600. The lowest BCUT2D eigenvalue weighted by atomic mass is 10.5. The van der Waals surface area contributed by atoms with Crippen molar-refractivity contribution in [2.45, 2.75) is 6.92 Å². The van der Waals surface area contributed by atoms with Gasteiger partial charge in [-0.15, -0.1) is 22.7 Å². The normalized spacial score (nSPS) is 10.5. The Morgan fingerprint density at radius 1 is 1.50 bits per heavy atom. The summed E-state index contributed by atoms with van der Waals surface area (Å²) < 4.78 is 1.29. The van der Waals surface area contributed by atoms with E-state index in [0.717, 1.165) is 10.7 Å². The van der Waals surface area contributed by atoms with Gasteiger partial charge < -0.3 is 0 Å². The molecular formula is C8H6INS2. The Kier molecular flexibility index (Phi) is 2.47. The van der Waals surface area contributed by atoms with Crippen LogP contribution in [0.4, 0.5) is 0 Å². The Morgan fingerprint density at radius 2 is 2.33 bits per heavy atom. The van der Waals surface area contributed by atoms with Crippen molar-refractivity contribution in [2.75, 3.05) is 0 Å². The molecular weight excluding hydrogens is 301 g/mol. The molecule has 0 saturated carbocycles. The van der Waals surface area contributed by atoms with Crippen LogP contribution in [0.15, 0.2) is 17.5 Å². The van der Waals surface area contributed by atoms with Gasteiger partial charge in [-0.25, -0.2) is 4.98 Å². The minimum Gasteiger partial charge on any atom is -0.239 e. The van der Waals surface area contributed by atoms with Crippen molar-refractivity contribution in [3.63, 3.8) is 0 Å². The van der Waals surface area contributed by atoms with Crippen molar-refractivity contribution in [3.05, 3.63) is 26.1 Å². The minimum absolute atomic E-state index is 1.14. The Balaban J connectivity index is 2.48. The lowest BCUT2D eigenvalue weighted by Crippen LogP contribution is -1.72. The topological polar surface area (TPSA) is 12.9 Å². The lowest BCUT2D eigenvalue weighted by molar-refractivity contribution is 1.26. The first-order valence-electron chi connectivity index (χ1n) is 3.44. The van der Waals surface area contributed by atoms with Gasteiger partial charge in [0.15, 0.2) is 0 Å². The fourth-order valence-corrected chi connectivity index (χ4v) is 3.22. The number of nitrogens with zero attached hydrogens (tertiary/aromatic N) is 1. The number of hydrogen-bond acceptors (Lipinski definition) is 3. The molecule has 0 spiro atoms. The molecule has 0 saturated heterocycles. The Bertz CT molecular complexity index is 358. The van der Waals surface area contributed by atoms with Crippen LogP contribution < -0.4 is 0 Å². The van der Waals surface area contributed by atoms with Gasteiger partial charge in [0.05, 0.1) is 13.5 Å². The third-order valence-corrected chi connectivity index (χ3v) is 4.90. The molecule has 2 heterocycles. The Morgan fingerprint density at radius 3 is 2.83 bits per heavy atom. The van der Waals surface area contributed by atoms with E-state index < -0.39 is 0 Å². The molecule has 62 valence electrons. The third-order valence-electron chi connectivity index (χ3n) is 1.47. The number of thiazole rings is 1. The molecule has 0 aliphatic carbocycles. The summed E-state index contributed by atoms with van der Waals surface area (Å²) in [6, 6.07) is 4.17. The van der Waals surface area contributed by atoms with E-state index in [0.29, 0.717) is 0 Å². The highest BCUT2D eigenvalue weighted by Gasteiger charge is 2.06. The van der Waals surface area contributed by atoms with Crippen LogP contribution in [0.3, 0.4) is 0 Å². The molecule has 4 heteroatoms. The third kappa shape index (κ3) is 1.55. The van der Waals surface area contributed by atoms with E-state index in [9.17, 15) is 0 Å². The maximum atomic E-state index is 4.47. The number of aromatic nitrogens is 1. The molecule has 0 aliphatic rings. The highest BCUT2D eigenvalue weighted by Crippen LogP contribution is 2.31. The van der Waals surface area contributed by atoms with Crippen LogP contribution in [0.25, 0.3) is 9.88 Å². The second-order valence-corrected chi connectivity index (χ2v) is 6.11. The standard InChI is InChI=1S/C8H6INS2/c1-5-7(9)12-8(10-5)6-3-2-4-11-6/h2-4H,1H3. The zero-order valence-corrected chi connectivity index (χ0v) is 10.2. The SMILES string of the molecule is Cc1nc(-c2cccs2)sc1I. The number of halogens is 1. The Labute approximate surface area is 92.6 Å². The molecule has 0 N–H and O–H groups in total. The molecule has 0 aliphatic heterocycles. The maximum Gasteiger partial charge on any atom is 0.134 e. The van der Waals surface area contributed by atoms with Crippen molar-refractivity contribution in [3.8, 4) is 9.88 Å². The van der Waals surface area contributed by atoms with Crippen LogP contribution >= 0.6 is 45.3 Å². The zero-order valence-electron chi connectivity index (χ0n) is 6.37.